The molecule has 0 fully saturated rings. The topological polar surface area (TPSA) is 42.2 Å². The third-order valence-electron chi connectivity index (χ3n) is 2.35. The smallest absolute Gasteiger partial charge is 0.145 e. The predicted molar refractivity (Wildman–Crippen MR) is 68.8 cm³/mol. The fraction of sp³-hybridized carbons (Fsp3) is 0.133. The van der Waals surface area contributed by atoms with E-state index in [4.69, 9.17) is 14.7 Å². The van der Waals surface area contributed by atoms with Gasteiger partial charge in [0.2, 0.25) is 0 Å². The van der Waals surface area contributed by atoms with Gasteiger partial charge in [-0.25, -0.2) is 0 Å². The third kappa shape index (κ3) is 2.80. The highest BCUT2D eigenvalue weighted by Gasteiger charge is 2.04. The molecule has 0 amide bonds. The van der Waals surface area contributed by atoms with Crippen LogP contribution in [-0.4, -0.2) is 6.61 Å². The second-order valence-electron chi connectivity index (χ2n) is 3.62. The highest BCUT2D eigenvalue weighted by atomic mass is 16.5. The number of hydrogen-bond acceptors (Lipinski definition) is 3. The van der Waals surface area contributed by atoms with Crippen LogP contribution in [0.15, 0.2) is 48.5 Å². The van der Waals surface area contributed by atoms with Crippen LogP contribution in [0.25, 0.3) is 0 Å². The van der Waals surface area contributed by atoms with E-state index >= 15 is 0 Å². The second-order valence-corrected chi connectivity index (χ2v) is 3.62. The normalized spacial score (nSPS) is 9.56. The van der Waals surface area contributed by atoms with Crippen LogP contribution in [-0.2, 0) is 0 Å². The van der Waals surface area contributed by atoms with Crippen molar-refractivity contribution in [2.24, 2.45) is 0 Å². The predicted octanol–water partition coefficient (Wildman–Crippen LogP) is 3.75. The Labute approximate surface area is 106 Å². The summed E-state index contributed by atoms with van der Waals surface area (Å²) in [6.45, 7) is 2.54. The zero-order chi connectivity index (χ0) is 12.8. The molecule has 0 saturated heterocycles. The molecule has 0 aliphatic heterocycles. The molecule has 2 aromatic rings. The van der Waals surface area contributed by atoms with Gasteiger partial charge in [0.15, 0.2) is 0 Å². The maximum absolute atomic E-state index is 8.98. The van der Waals surface area contributed by atoms with E-state index in [0.29, 0.717) is 23.7 Å². The van der Waals surface area contributed by atoms with Crippen LogP contribution in [0.2, 0.25) is 0 Å². The number of ether oxygens (including phenoxy) is 2. The Balaban J connectivity index is 2.23. The largest absolute Gasteiger partial charge is 0.494 e. The van der Waals surface area contributed by atoms with Gasteiger partial charge in [-0.1, -0.05) is 18.2 Å². The average molecular weight is 239 g/mol. The number of benzene rings is 2. The summed E-state index contributed by atoms with van der Waals surface area (Å²) < 4.78 is 11.1. The van der Waals surface area contributed by atoms with Crippen molar-refractivity contribution < 1.29 is 9.47 Å². The van der Waals surface area contributed by atoms with E-state index in [2.05, 4.69) is 6.07 Å². The molecule has 0 unspecified atom stereocenters. The van der Waals surface area contributed by atoms with E-state index in [9.17, 15) is 0 Å². The standard InChI is InChI=1S/C15H13NO2/c1-2-17-13-7-5-8-14(10-13)18-15-9-4-3-6-12(15)11-16/h3-10H,2H2,1H3. The Hall–Kier alpha value is -2.47. The minimum atomic E-state index is 0.513. The number of hydrogen-bond donors (Lipinski definition) is 0. The van der Waals surface area contributed by atoms with Gasteiger partial charge >= 0.3 is 0 Å². The third-order valence-corrected chi connectivity index (χ3v) is 2.35. The first-order chi connectivity index (χ1) is 8.83. The second kappa shape index (κ2) is 5.74. The molecule has 0 radical (unpaired) electrons. The zero-order valence-corrected chi connectivity index (χ0v) is 10.1. The molecule has 0 atom stereocenters. The van der Waals surface area contributed by atoms with E-state index in [0.717, 1.165) is 5.75 Å². The first kappa shape index (κ1) is 12.0. The van der Waals surface area contributed by atoms with Crippen molar-refractivity contribution in [3.05, 3.63) is 54.1 Å². The van der Waals surface area contributed by atoms with E-state index < -0.39 is 0 Å². The number of nitriles is 1. The summed E-state index contributed by atoms with van der Waals surface area (Å²) in [6.07, 6.45) is 0. The lowest BCUT2D eigenvalue weighted by molar-refractivity contribution is 0.338. The van der Waals surface area contributed by atoms with E-state index in [1.54, 1.807) is 18.2 Å². The molecule has 3 nitrogen and oxygen atoms in total. The molecule has 0 aliphatic rings. The molecule has 0 spiro atoms. The first-order valence-electron chi connectivity index (χ1n) is 5.73. The molecule has 0 saturated carbocycles. The fourth-order valence-corrected chi connectivity index (χ4v) is 1.57. The van der Waals surface area contributed by atoms with Crippen molar-refractivity contribution >= 4 is 0 Å². The van der Waals surface area contributed by atoms with Gasteiger partial charge in [0.05, 0.1) is 12.2 Å². The first-order valence-corrected chi connectivity index (χ1v) is 5.73. The SMILES string of the molecule is CCOc1cccc(Oc2ccccc2C#N)c1. The number of para-hydroxylation sites is 1. The van der Waals surface area contributed by atoms with Gasteiger partial charge < -0.3 is 9.47 Å². The van der Waals surface area contributed by atoms with Crippen LogP contribution in [0.3, 0.4) is 0 Å². The van der Waals surface area contributed by atoms with Crippen molar-refractivity contribution in [2.75, 3.05) is 6.61 Å². The quantitative estimate of drug-likeness (QED) is 0.816. The summed E-state index contributed by atoms with van der Waals surface area (Å²) in [5, 5.41) is 8.98. The molecule has 18 heavy (non-hydrogen) atoms. The molecule has 0 aliphatic carbocycles. The lowest BCUT2D eigenvalue weighted by Crippen LogP contribution is -1.92. The molecule has 90 valence electrons. The highest BCUT2D eigenvalue weighted by Crippen LogP contribution is 2.27. The lowest BCUT2D eigenvalue weighted by Gasteiger charge is -2.09. The molecular weight excluding hydrogens is 226 g/mol. The molecule has 0 aromatic heterocycles. The molecular formula is C15H13NO2. The summed E-state index contributed by atoms with van der Waals surface area (Å²) in [7, 11) is 0. The monoisotopic (exact) mass is 239 g/mol. The van der Waals surface area contributed by atoms with Gasteiger partial charge in [0.1, 0.15) is 23.3 Å². The van der Waals surface area contributed by atoms with Gasteiger partial charge in [0, 0.05) is 6.07 Å². The fourth-order valence-electron chi connectivity index (χ4n) is 1.57. The van der Waals surface area contributed by atoms with Gasteiger partial charge in [-0.05, 0) is 31.2 Å². The maximum atomic E-state index is 8.98. The van der Waals surface area contributed by atoms with Crippen LogP contribution >= 0.6 is 0 Å². The summed E-state index contributed by atoms with van der Waals surface area (Å²) in [5.41, 5.74) is 0.513. The number of nitrogens with zero attached hydrogens (tertiary/aromatic N) is 1. The van der Waals surface area contributed by atoms with Crippen molar-refractivity contribution in [3.8, 4) is 23.3 Å². The molecule has 0 N–H and O–H groups in total. The Morgan fingerprint density at radius 2 is 1.83 bits per heavy atom. The Morgan fingerprint density at radius 1 is 1.06 bits per heavy atom. The minimum absolute atomic E-state index is 0.513. The Bertz CT molecular complexity index is 573. The van der Waals surface area contributed by atoms with Gasteiger partial charge in [0.25, 0.3) is 0 Å². The molecule has 0 bridgehead atoms. The van der Waals surface area contributed by atoms with E-state index in [-0.39, 0.29) is 0 Å². The van der Waals surface area contributed by atoms with Crippen molar-refractivity contribution in [1.29, 1.82) is 5.26 Å². The van der Waals surface area contributed by atoms with Crippen molar-refractivity contribution in [2.45, 2.75) is 6.92 Å². The van der Waals surface area contributed by atoms with Crippen LogP contribution in [0.5, 0.6) is 17.2 Å². The van der Waals surface area contributed by atoms with Crippen LogP contribution in [0.1, 0.15) is 12.5 Å². The minimum Gasteiger partial charge on any atom is -0.494 e. The van der Waals surface area contributed by atoms with Gasteiger partial charge in [-0.15, -0.1) is 0 Å². The Kier molecular flexibility index (Phi) is 3.83. The van der Waals surface area contributed by atoms with Crippen molar-refractivity contribution in [1.82, 2.24) is 0 Å². The number of rotatable bonds is 4. The van der Waals surface area contributed by atoms with Crippen LogP contribution in [0, 0.1) is 11.3 Å². The van der Waals surface area contributed by atoms with Crippen molar-refractivity contribution in [3.63, 3.8) is 0 Å². The Morgan fingerprint density at radius 3 is 2.61 bits per heavy atom. The van der Waals surface area contributed by atoms with E-state index in [1.165, 1.54) is 0 Å². The van der Waals surface area contributed by atoms with Gasteiger partial charge in [-0.2, -0.15) is 5.26 Å². The average Bonchev–Trinajstić information content (AvgIpc) is 2.40. The maximum Gasteiger partial charge on any atom is 0.145 e. The lowest BCUT2D eigenvalue weighted by atomic mass is 10.2. The van der Waals surface area contributed by atoms with Gasteiger partial charge in [-0.3, -0.25) is 0 Å². The van der Waals surface area contributed by atoms with Crippen LogP contribution < -0.4 is 9.47 Å². The summed E-state index contributed by atoms with van der Waals surface area (Å²) in [6, 6.07) is 16.6. The highest BCUT2D eigenvalue weighted by molar-refractivity contribution is 5.45. The molecule has 3 heteroatoms. The summed E-state index contributed by atoms with van der Waals surface area (Å²) in [5.74, 6) is 1.96. The summed E-state index contributed by atoms with van der Waals surface area (Å²) >= 11 is 0. The summed E-state index contributed by atoms with van der Waals surface area (Å²) in [4.78, 5) is 0. The molecule has 2 aromatic carbocycles. The molecule has 0 heterocycles. The molecule has 2 rings (SSSR count). The zero-order valence-electron chi connectivity index (χ0n) is 10.1. The van der Waals surface area contributed by atoms with Crippen LogP contribution in [0.4, 0.5) is 0 Å². The van der Waals surface area contributed by atoms with E-state index in [1.807, 2.05) is 37.3 Å².